The molecule has 0 saturated heterocycles. The zero-order chi connectivity index (χ0) is 18.8. The van der Waals surface area contributed by atoms with Gasteiger partial charge < -0.3 is 5.11 Å². The average molecular weight is 348 g/mol. The highest BCUT2D eigenvalue weighted by atomic mass is 16.6. The number of nitrogens with one attached hydrogen (secondary N) is 1. The lowest BCUT2D eigenvalue weighted by molar-refractivity contribution is -0.393. The molecule has 25 heavy (non-hydrogen) atoms. The summed E-state index contributed by atoms with van der Waals surface area (Å²) in [6.45, 7) is 5.35. The molecule has 0 aromatic heterocycles. The molecule has 9 heteroatoms. The van der Waals surface area contributed by atoms with E-state index in [0.29, 0.717) is 12.1 Å². The summed E-state index contributed by atoms with van der Waals surface area (Å²) in [6.07, 6.45) is 3.22. The summed E-state index contributed by atoms with van der Waals surface area (Å²) in [5.41, 5.74) is 2.67. The monoisotopic (exact) mass is 348 g/mol. The van der Waals surface area contributed by atoms with Crippen LogP contribution in [0.1, 0.15) is 33.6 Å². The second-order valence-corrected chi connectivity index (χ2v) is 6.56. The predicted molar refractivity (Wildman–Crippen MR) is 93.6 cm³/mol. The fourth-order valence-electron chi connectivity index (χ4n) is 2.59. The number of allylic oxidation sites excluding steroid dienone is 2. The number of nitrogens with zero attached hydrogens (tertiary/aromatic N) is 3. The van der Waals surface area contributed by atoms with Gasteiger partial charge in [-0.2, -0.15) is 5.10 Å². The first-order valence-corrected chi connectivity index (χ1v) is 7.74. The molecule has 1 aromatic rings. The Hall–Kier alpha value is -2.81. The number of hydrogen-bond donors (Lipinski definition) is 2. The van der Waals surface area contributed by atoms with Crippen LogP contribution in [0.25, 0.3) is 0 Å². The molecule has 0 bridgehead atoms. The quantitative estimate of drug-likeness (QED) is 0.619. The lowest BCUT2D eigenvalue weighted by Crippen LogP contribution is -2.34. The van der Waals surface area contributed by atoms with Gasteiger partial charge >= 0.3 is 5.69 Å². The summed E-state index contributed by atoms with van der Waals surface area (Å²) in [4.78, 5) is 20.5. The molecule has 0 saturated carbocycles. The van der Waals surface area contributed by atoms with E-state index in [1.54, 1.807) is 13.8 Å². The maximum Gasteiger partial charge on any atom is 0.301 e. The maximum atomic E-state index is 11.1. The number of non-ortho nitro benzene ring substituents is 1. The Morgan fingerprint density at radius 2 is 1.96 bits per heavy atom. The van der Waals surface area contributed by atoms with Crippen molar-refractivity contribution in [1.29, 1.82) is 0 Å². The second-order valence-electron chi connectivity index (χ2n) is 6.56. The fourth-order valence-corrected chi connectivity index (χ4v) is 2.59. The molecule has 1 aliphatic rings. The summed E-state index contributed by atoms with van der Waals surface area (Å²) >= 11 is 0. The standard InChI is InChI=1S/C16H20N4O5/c1-10-4-5-11(16(2,3)21)8-14(10)18-17-13-7-6-12(19(22)23)9-15(13)20(24)25/h4,6-7,9,11,17,21H,5,8H2,1-3H3/b18-14+/t11-/m1/s1. The number of rotatable bonds is 5. The number of nitro benzene ring substituents is 2. The van der Waals surface area contributed by atoms with Crippen LogP contribution in [-0.2, 0) is 0 Å². The topological polar surface area (TPSA) is 131 Å². The Labute approximate surface area is 144 Å². The minimum absolute atomic E-state index is 0.0106. The van der Waals surface area contributed by atoms with E-state index < -0.39 is 21.1 Å². The Kier molecular flexibility index (Phi) is 5.17. The van der Waals surface area contributed by atoms with Gasteiger partial charge in [0, 0.05) is 6.07 Å². The molecule has 0 unspecified atom stereocenters. The van der Waals surface area contributed by atoms with Crippen LogP contribution in [0.4, 0.5) is 17.1 Å². The third kappa shape index (κ3) is 4.38. The van der Waals surface area contributed by atoms with Crippen molar-refractivity contribution in [2.24, 2.45) is 11.0 Å². The minimum atomic E-state index is -0.864. The lowest BCUT2D eigenvalue weighted by atomic mass is 9.79. The molecule has 134 valence electrons. The Morgan fingerprint density at radius 1 is 1.28 bits per heavy atom. The molecule has 0 amide bonds. The molecule has 0 radical (unpaired) electrons. The maximum absolute atomic E-state index is 11.1. The molecule has 0 fully saturated rings. The van der Waals surface area contributed by atoms with Crippen molar-refractivity contribution in [2.75, 3.05) is 5.43 Å². The minimum Gasteiger partial charge on any atom is -0.390 e. The van der Waals surface area contributed by atoms with Crippen molar-refractivity contribution >= 4 is 22.8 Å². The van der Waals surface area contributed by atoms with Gasteiger partial charge in [-0.05, 0) is 51.2 Å². The van der Waals surface area contributed by atoms with Gasteiger partial charge in [-0.3, -0.25) is 25.7 Å². The molecule has 2 N–H and O–H groups in total. The van der Waals surface area contributed by atoms with E-state index in [2.05, 4.69) is 10.5 Å². The smallest absolute Gasteiger partial charge is 0.301 e. The van der Waals surface area contributed by atoms with Crippen LogP contribution in [-0.4, -0.2) is 26.3 Å². The zero-order valence-electron chi connectivity index (χ0n) is 14.2. The highest BCUT2D eigenvalue weighted by Gasteiger charge is 2.30. The summed E-state index contributed by atoms with van der Waals surface area (Å²) in [6, 6.07) is 3.33. The fraction of sp³-hybridized carbons (Fsp3) is 0.438. The van der Waals surface area contributed by atoms with Crippen molar-refractivity contribution < 1.29 is 15.0 Å². The number of aliphatic hydroxyl groups is 1. The molecular weight excluding hydrogens is 328 g/mol. The van der Waals surface area contributed by atoms with E-state index in [0.717, 1.165) is 18.1 Å². The largest absolute Gasteiger partial charge is 0.390 e. The first-order valence-electron chi connectivity index (χ1n) is 7.74. The highest BCUT2D eigenvalue weighted by molar-refractivity contribution is 6.01. The van der Waals surface area contributed by atoms with Gasteiger partial charge in [-0.1, -0.05) is 6.08 Å². The van der Waals surface area contributed by atoms with E-state index in [9.17, 15) is 25.3 Å². The van der Waals surface area contributed by atoms with E-state index in [-0.39, 0.29) is 17.3 Å². The first kappa shape index (κ1) is 18.5. The van der Waals surface area contributed by atoms with Gasteiger partial charge in [-0.25, -0.2) is 0 Å². The van der Waals surface area contributed by atoms with E-state index in [1.807, 2.05) is 13.0 Å². The molecule has 0 heterocycles. The van der Waals surface area contributed by atoms with Gasteiger partial charge in [0.1, 0.15) is 5.69 Å². The molecule has 1 aromatic carbocycles. The van der Waals surface area contributed by atoms with Crippen LogP contribution in [0.5, 0.6) is 0 Å². The van der Waals surface area contributed by atoms with Crippen molar-refractivity contribution in [3.05, 3.63) is 50.1 Å². The summed E-state index contributed by atoms with van der Waals surface area (Å²) in [5, 5.41) is 36.3. The zero-order valence-corrected chi connectivity index (χ0v) is 14.2. The van der Waals surface area contributed by atoms with Crippen LogP contribution in [0.15, 0.2) is 34.9 Å². The molecule has 2 rings (SSSR count). The molecule has 0 aliphatic heterocycles. The van der Waals surface area contributed by atoms with Crippen LogP contribution in [0.2, 0.25) is 0 Å². The SMILES string of the molecule is CC1=CC[C@@H](C(C)(C)O)C/C1=N\Nc1ccc([N+](=O)[O-])cc1[N+](=O)[O-]. The average Bonchev–Trinajstić information content (AvgIpc) is 2.52. The van der Waals surface area contributed by atoms with Gasteiger partial charge in [0.25, 0.3) is 5.69 Å². The number of anilines is 1. The number of hydrogen-bond acceptors (Lipinski definition) is 7. The van der Waals surface area contributed by atoms with Crippen LogP contribution < -0.4 is 5.43 Å². The van der Waals surface area contributed by atoms with Crippen molar-refractivity contribution in [3.8, 4) is 0 Å². The molecule has 1 atom stereocenters. The lowest BCUT2D eigenvalue weighted by Gasteiger charge is -2.32. The third-order valence-corrected chi connectivity index (χ3v) is 4.30. The summed E-state index contributed by atoms with van der Waals surface area (Å²) < 4.78 is 0. The van der Waals surface area contributed by atoms with Crippen molar-refractivity contribution in [3.63, 3.8) is 0 Å². The van der Waals surface area contributed by atoms with Crippen molar-refractivity contribution in [1.82, 2.24) is 0 Å². The molecular formula is C16H20N4O5. The summed E-state index contributed by atoms with van der Waals surface area (Å²) in [5.74, 6) is -0.0106. The van der Waals surface area contributed by atoms with Gasteiger partial charge in [0.05, 0.1) is 27.2 Å². The Morgan fingerprint density at radius 3 is 2.52 bits per heavy atom. The number of nitro groups is 2. The normalized spacial score (nSPS) is 19.4. The van der Waals surface area contributed by atoms with Crippen LogP contribution >= 0.6 is 0 Å². The third-order valence-electron chi connectivity index (χ3n) is 4.30. The van der Waals surface area contributed by atoms with Gasteiger partial charge in [0.15, 0.2) is 0 Å². The number of hydrazone groups is 1. The van der Waals surface area contributed by atoms with E-state index >= 15 is 0 Å². The summed E-state index contributed by atoms with van der Waals surface area (Å²) in [7, 11) is 0. The molecule has 0 spiro atoms. The number of benzene rings is 1. The van der Waals surface area contributed by atoms with E-state index in [4.69, 9.17) is 0 Å². The van der Waals surface area contributed by atoms with Crippen LogP contribution in [0.3, 0.4) is 0 Å². The second kappa shape index (κ2) is 6.98. The molecule has 1 aliphatic carbocycles. The first-order chi connectivity index (χ1) is 11.6. The van der Waals surface area contributed by atoms with Crippen molar-refractivity contribution in [2.45, 2.75) is 39.2 Å². The van der Waals surface area contributed by atoms with Crippen LogP contribution in [0, 0.1) is 26.1 Å². The van der Waals surface area contributed by atoms with Gasteiger partial charge in [-0.15, -0.1) is 0 Å². The highest BCUT2D eigenvalue weighted by Crippen LogP contribution is 2.32. The van der Waals surface area contributed by atoms with E-state index in [1.165, 1.54) is 12.1 Å². The predicted octanol–water partition coefficient (Wildman–Crippen LogP) is 3.40. The Balaban J connectivity index is 2.29. The Bertz CT molecular complexity index is 764. The molecule has 9 nitrogen and oxygen atoms in total. The van der Waals surface area contributed by atoms with Gasteiger partial charge in [0.2, 0.25) is 0 Å².